The molecule has 1 N–H and O–H groups in total. The Bertz CT molecular complexity index is 675. The van der Waals surface area contributed by atoms with Crippen molar-refractivity contribution in [2.75, 3.05) is 7.11 Å². The SMILES string of the molecule is COc1ccc(C2=CC3(NC(=O)C2)C2CC4CC(C2)CC3C4)cc1. The van der Waals surface area contributed by atoms with E-state index in [4.69, 9.17) is 4.74 Å². The van der Waals surface area contributed by atoms with E-state index >= 15 is 0 Å². The molecule has 3 heteroatoms. The fourth-order valence-electron chi connectivity index (χ4n) is 6.23. The molecule has 0 atom stereocenters. The van der Waals surface area contributed by atoms with Gasteiger partial charge in [-0.05, 0) is 79.0 Å². The smallest absolute Gasteiger partial charge is 0.225 e. The van der Waals surface area contributed by atoms with E-state index in [9.17, 15) is 4.79 Å². The number of nitrogens with one attached hydrogen (secondary N) is 1. The lowest BCUT2D eigenvalue weighted by Crippen LogP contribution is -2.66. The van der Waals surface area contributed by atoms with E-state index in [2.05, 4.69) is 23.5 Å². The van der Waals surface area contributed by atoms with E-state index in [1.807, 2.05) is 12.1 Å². The standard InChI is InChI=1S/C21H25NO2/c1-24-19-4-2-15(3-5-19)16-11-20(23)22-21(12-16)17-7-13-6-14(9-17)10-18(21)8-13/h2-5,12-14,17-18H,6-11H2,1H3,(H,22,23). The van der Waals surface area contributed by atoms with Gasteiger partial charge in [0.25, 0.3) is 0 Å². The van der Waals surface area contributed by atoms with Crippen LogP contribution in [0.15, 0.2) is 30.3 Å². The highest BCUT2D eigenvalue weighted by Crippen LogP contribution is 2.59. The molecule has 4 bridgehead atoms. The topological polar surface area (TPSA) is 38.3 Å². The van der Waals surface area contributed by atoms with Gasteiger partial charge in [0.05, 0.1) is 19.1 Å². The molecule has 1 aliphatic heterocycles. The first-order valence-corrected chi connectivity index (χ1v) is 9.33. The zero-order chi connectivity index (χ0) is 16.3. The first-order valence-electron chi connectivity index (χ1n) is 9.33. The molecular formula is C21H25NO2. The zero-order valence-electron chi connectivity index (χ0n) is 14.3. The molecule has 1 heterocycles. The average molecular weight is 323 g/mol. The summed E-state index contributed by atoms with van der Waals surface area (Å²) < 4.78 is 5.27. The van der Waals surface area contributed by atoms with Crippen molar-refractivity contribution in [2.24, 2.45) is 23.7 Å². The molecule has 1 aromatic carbocycles. The van der Waals surface area contributed by atoms with Crippen molar-refractivity contribution >= 4 is 11.5 Å². The molecule has 1 aromatic rings. The summed E-state index contributed by atoms with van der Waals surface area (Å²) in [6.07, 6.45) is 9.61. The second kappa shape index (κ2) is 5.11. The maximum Gasteiger partial charge on any atom is 0.225 e. The Balaban J connectivity index is 1.55. The van der Waals surface area contributed by atoms with Crippen molar-refractivity contribution in [1.82, 2.24) is 5.32 Å². The maximum atomic E-state index is 12.6. The number of carbonyl (C=O) groups excluding carboxylic acids is 1. The fourth-order valence-corrected chi connectivity index (χ4v) is 6.23. The lowest BCUT2D eigenvalue weighted by Gasteiger charge is -2.61. The van der Waals surface area contributed by atoms with Gasteiger partial charge in [-0.3, -0.25) is 4.79 Å². The summed E-state index contributed by atoms with van der Waals surface area (Å²) in [6.45, 7) is 0. The van der Waals surface area contributed by atoms with Crippen LogP contribution in [0.1, 0.15) is 44.1 Å². The molecule has 4 fully saturated rings. The van der Waals surface area contributed by atoms with E-state index in [-0.39, 0.29) is 11.4 Å². The zero-order valence-corrected chi connectivity index (χ0v) is 14.3. The number of hydrogen-bond donors (Lipinski definition) is 1. The highest BCUT2D eigenvalue weighted by atomic mass is 16.5. The molecule has 4 saturated carbocycles. The minimum absolute atomic E-state index is 0.0714. The van der Waals surface area contributed by atoms with Crippen LogP contribution >= 0.6 is 0 Å². The van der Waals surface area contributed by atoms with Crippen LogP contribution in [-0.4, -0.2) is 18.6 Å². The Hall–Kier alpha value is -1.77. The average Bonchev–Trinajstić information content (AvgIpc) is 2.59. The van der Waals surface area contributed by atoms with Crippen molar-refractivity contribution in [2.45, 2.75) is 44.1 Å². The molecule has 4 aliphatic carbocycles. The van der Waals surface area contributed by atoms with Gasteiger partial charge < -0.3 is 10.1 Å². The number of ether oxygens (including phenoxy) is 1. The summed E-state index contributed by atoms with van der Waals surface area (Å²) >= 11 is 0. The third-order valence-electron chi connectivity index (χ3n) is 7.07. The Morgan fingerprint density at radius 1 is 1.00 bits per heavy atom. The number of rotatable bonds is 2. The van der Waals surface area contributed by atoms with Crippen molar-refractivity contribution in [1.29, 1.82) is 0 Å². The van der Waals surface area contributed by atoms with Gasteiger partial charge in [0.1, 0.15) is 5.75 Å². The van der Waals surface area contributed by atoms with Crippen LogP contribution in [0.3, 0.4) is 0 Å². The fraction of sp³-hybridized carbons (Fsp3) is 0.571. The molecule has 3 nitrogen and oxygen atoms in total. The predicted molar refractivity (Wildman–Crippen MR) is 93.5 cm³/mol. The van der Waals surface area contributed by atoms with Gasteiger partial charge in [0.15, 0.2) is 0 Å². The molecule has 1 amide bonds. The number of carbonyl (C=O) groups is 1. The number of amides is 1. The van der Waals surface area contributed by atoms with Gasteiger partial charge in [-0.15, -0.1) is 0 Å². The molecule has 6 rings (SSSR count). The van der Waals surface area contributed by atoms with E-state index in [1.54, 1.807) is 7.11 Å². The van der Waals surface area contributed by atoms with Gasteiger partial charge in [0.2, 0.25) is 5.91 Å². The molecule has 1 spiro atoms. The lowest BCUT2D eigenvalue weighted by atomic mass is 9.48. The van der Waals surface area contributed by atoms with Gasteiger partial charge in [-0.2, -0.15) is 0 Å². The minimum atomic E-state index is -0.0714. The first kappa shape index (κ1) is 14.6. The van der Waals surface area contributed by atoms with Crippen molar-refractivity contribution in [3.05, 3.63) is 35.9 Å². The monoisotopic (exact) mass is 323 g/mol. The highest BCUT2D eigenvalue weighted by molar-refractivity contribution is 5.92. The second-order valence-electron chi connectivity index (χ2n) is 8.36. The Morgan fingerprint density at radius 2 is 1.62 bits per heavy atom. The molecule has 0 aromatic heterocycles. The Labute approximate surface area is 143 Å². The summed E-state index contributed by atoms with van der Waals surface area (Å²) in [5.74, 6) is 4.18. The van der Waals surface area contributed by atoms with Crippen LogP contribution in [0.5, 0.6) is 5.75 Å². The summed E-state index contributed by atoms with van der Waals surface area (Å²) in [7, 11) is 1.69. The van der Waals surface area contributed by atoms with E-state index in [0.29, 0.717) is 18.3 Å². The van der Waals surface area contributed by atoms with Crippen molar-refractivity contribution in [3.8, 4) is 5.75 Å². The van der Waals surface area contributed by atoms with Gasteiger partial charge in [-0.1, -0.05) is 18.2 Å². The van der Waals surface area contributed by atoms with Gasteiger partial charge in [-0.25, -0.2) is 0 Å². The van der Waals surface area contributed by atoms with Gasteiger partial charge >= 0.3 is 0 Å². The molecule has 0 saturated heterocycles. The van der Waals surface area contributed by atoms with E-state index < -0.39 is 0 Å². The molecular weight excluding hydrogens is 298 g/mol. The first-order chi connectivity index (χ1) is 11.7. The van der Waals surface area contributed by atoms with Crippen LogP contribution in [-0.2, 0) is 4.79 Å². The molecule has 24 heavy (non-hydrogen) atoms. The number of benzene rings is 1. The number of hydrogen-bond acceptors (Lipinski definition) is 2. The third-order valence-corrected chi connectivity index (χ3v) is 7.07. The Kier molecular flexibility index (Phi) is 3.10. The second-order valence-corrected chi connectivity index (χ2v) is 8.36. The normalized spacial score (nSPS) is 39.7. The molecule has 5 aliphatic rings. The summed E-state index contributed by atoms with van der Waals surface area (Å²) in [5, 5.41) is 3.46. The molecule has 0 radical (unpaired) electrons. The lowest BCUT2D eigenvalue weighted by molar-refractivity contribution is -0.128. The van der Waals surface area contributed by atoms with Crippen LogP contribution in [0, 0.1) is 23.7 Å². The van der Waals surface area contributed by atoms with Crippen LogP contribution in [0.4, 0.5) is 0 Å². The van der Waals surface area contributed by atoms with Gasteiger partial charge in [0, 0.05) is 0 Å². The summed E-state index contributed by atoms with van der Waals surface area (Å²) in [6, 6.07) is 8.17. The predicted octanol–water partition coefficient (Wildman–Crippen LogP) is 3.79. The van der Waals surface area contributed by atoms with Crippen molar-refractivity contribution in [3.63, 3.8) is 0 Å². The largest absolute Gasteiger partial charge is 0.497 e. The van der Waals surface area contributed by atoms with Crippen LogP contribution in [0.2, 0.25) is 0 Å². The minimum Gasteiger partial charge on any atom is -0.497 e. The van der Waals surface area contributed by atoms with E-state index in [0.717, 1.165) is 17.6 Å². The molecule has 126 valence electrons. The van der Waals surface area contributed by atoms with E-state index in [1.165, 1.54) is 43.2 Å². The highest BCUT2D eigenvalue weighted by Gasteiger charge is 2.57. The summed E-state index contributed by atoms with van der Waals surface area (Å²) in [5.41, 5.74) is 2.30. The van der Waals surface area contributed by atoms with Crippen molar-refractivity contribution < 1.29 is 9.53 Å². The van der Waals surface area contributed by atoms with Crippen LogP contribution < -0.4 is 10.1 Å². The molecule has 0 unspecified atom stereocenters. The maximum absolute atomic E-state index is 12.6. The quantitative estimate of drug-likeness (QED) is 0.899. The summed E-state index contributed by atoms with van der Waals surface area (Å²) in [4.78, 5) is 12.6. The van der Waals surface area contributed by atoms with Crippen LogP contribution in [0.25, 0.3) is 5.57 Å². The third kappa shape index (κ3) is 2.06. The number of methoxy groups -OCH3 is 1. The Morgan fingerprint density at radius 3 is 2.21 bits per heavy atom.